The fraction of sp³-hybridized carbons (Fsp3) is 0.0857. The van der Waals surface area contributed by atoms with Gasteiger partial charge in [-0.2, -0.15) is 5.26 Å². The molecular formula is C35H26Cl2N2O3. The Balaban J connectivity index is 1.33. The molecule has 1 amide bonds. The van der Waals surface area contributed by atoms with Crippen molar-refractivity contribution in [1.29, 1.82) is 5.26 Å². The summed E-state index contributed by atoms with van der Waals surface area (Å²) in [7, 11) is 0. The number of amides is 1. The standard InChI is InChI=1S/C35H26Cl2N2O3/c1-23-5-4-6-24(17-23)21-42-34-16-10-25-7-2-3-8-31(25)32(34)18-27(20-38)35(40)39-29-12-14-30(15-13-29)41-22-26-9-11-28(36)19-33(26)37/h2-19H,21-22H2,1H3,(H,39,40)/b27-18+. The SMILES string of the molecule is Cc1cccc(COc2ccc3ccccc3c2/C=C(\C#N)C(=O)Nc2ccc(OCc3ccc(Cl)cc3Cl)cc2)c1. The second kappa shape index (κ2) is 13.3. The van der Waals surface area contributed by atoms with E-state index in [1.165, 1.54) is 0 Å². The highest BCUT2D eigenvalue weighted by molar-refractivity contribution is 6.35. The molecule has 0 unspecified atom stereocenters. The Bertz CT molecular complexity index is 1830. The summed E-state index contributed by atoms with van der Waals surface area (Å²) >= 11 is 12.2. The molecule has 0 heterocycles. The van der Waals surface area contributed by atoms with Crippen molar-refractivity contribution in [3.05, 3.63) is 141 Å². The van der Waals surface area contributed by atoms with Gasteiger partial charge in [0.2, 0.25) is 0 Å². The number of nitrogens with zero attached hydrogens (tertiary/aromatic N) is 1. The van der Waals surface area contributed by atoms with Crippen LogP contribution in [-0.4, -0.2) is 5.91 Å². The third-order valence-electron chi connectivity index (χ3n) is 6.58. The lowest BCUT2D eigenvalue weighted by Crippen LogP contribution is -2.13. The maximum atomic E-state index is 13.2. The minimum atomic E-state index is -0.531. The van der Waals surface area contributed by atoms with Gasteiger partial charge in [0, 0.05) is 26.9 Å². The molecule has 42 heavy (non-hydrogen) atoms. The number of anilines is 1. The Morgan fingerprint density at radius 1 is 0.881 bits per heavy atom. The zero-order valence-electron chi connectivity index (χ0n) is 22.7. The number of carbonyl (C=O) groups is 1. The normalized spacial score (nSPS) is 11.1. The molecule has 5 rings (SSSR count). The van der Waals surface area contributed by atoms with E-state index < -0.39 is 5.91 Å². The molecule has 1 N–H and O–H groups in total. The predicted molar refractivity (Wildman–Crippen MR) is 169 cm³/mol. The van der Waals surface area contributed by atoms with Crippen LogP contribution in [-0.2, 0) is 18.0 Å². The van der Waals surface area contributed by atoms with Gasteiger partial charge in [-0.05, 0) is 71.8 Å². The number of benzene rings is 5. The molecule has 0 saturated heterocycles. The predicted octanol–water partition coefficient (Wildman–Crippen LogP) is 9.16. The number of rotatable bonds is 9. The van der Waals surface area contributed by atoms with Gasteiger partial charge in [0.15, 0.2) is 0 Å². The van der Waals surface area contributed by atoms with Crippen LogP contribution in [0.15, 0.2) is 109 Å². The van der Waals surface area contributed by atoms with Crippen LogP contribution in [0.2, 0.25) is 10.0 Å². The van der Waals surface area contributed by atoms with Crippen LogP contribution in [0.25, 0.3) is 16.8 Å². The van der Waals surface area contributed by atoms with Gasteiger partial charge in [-0.25, -0.2) is 0 Å². The molecule has 0 atom stereocenters. The number of hydrogen-bond acceptors (Lipinski definition) is 4. The van der Waals surface area contributed by atoms with Crippen molar-refractivity contribution >= 4 is 51.6 Å². The Labute approximate surface area is 254 Å². The Morgan fingerprint density at radius 2 is 1.69 bits per heavy atom. The first kappa shape index (κ1) is 28.8. The van der Waals surface area contributed by atoms with Crippen LogP contribution in [0, 0.1) is 18.3 Å². The molecular weight excluding hydrogens is 567 g/mol. The van der Waals surface area contributed by atoms with E-state index in [1.807, 2.05) is 73.7 Å². The number of aryl methyl sites for hydroxylation is 1. The van der Waals surface area contributed by atoms with Crippen molar-refractivity contribution in [3.8, 4) is 17.6 Å². The number of hydrogen-bond donors (Lipinski definition) is 1. The first-order valence-electron chi connectivity index (χ1n) is 13.2. The van der Waals surface area contributed by atoms with E-state index in [0.29, 0.717) is 39.4 Å². The lowest BCUT2D eigenvalue weighted by Gasteiger charge is -2.13. The summed E-state index contributed by atoms with van der Waals surface area (Å²) < 4.78 is 12.0. The van der Waals surface area contributed by atoms with E-state index in [0.717, 1.165) is 27.5 Å². The molecule has 0 aromatic heterocycles. The quantitative estimate of drug-likeness (QED) is 0.137. The van der Waals surface area contributed by atoms with Gasteiger partial charge in [-0.3, -0.25) is 4.79 Å². The van der Waals surface area contributed by atoms with Crippen molar-refractivity contribution in [2.75, 3.05) is 5.32 Å². The molecule has 5 aromatic carbocycles. The van der Waals surface area contributed by atoms with Crippen molar-refractivity contribution in [2.24, 2.45) is 0 Å². The average molecular weight is 594 g/mol. The minimum Gasteiger partial charge on any atom is -0.489 e. The lowest BCUT2D eigenvalue weighted by molar-refractivity contribution is -0.112. The largest absolute Gasteiger partial charge is 0.489 e. The van der Waals surface area contributed by atoms with Gasteiger partial charge < -0.3 is 14.8 Å². The average Bonchev–Trinajstić information content (AvgIpc) is 2.99. The molecule has 0 aliphatic carbocycles. The van der Waals surface area contributed by atoms with Crippen LogP contribution in [0.4, 0.5) is 5.69 Å². The summed E-state index contributed by atoms with van der Waals surface area (Å²) in [6, 6.07) is 33.9. The zero-order valence-corrected chi connectivity index (χ0v) is 24.2. The number of nitriles is 1. The highest BCUT2D eigenvalue weighted by Crippen LogP contribution is 2.31. The Kier molecular flexibility index (Phi) is 9.08. The van der Waals surface area contributed by atoms with E-state index >= 15 is 0 Å². The van der Waals surface area contributed by atoms with Gasteiger partial charge in [0.25, 0.3) is 5.91 Å². The van der Waals surface area contributed by atoms with E-state index in [2.05, 4.69) is 11.4 Å². The van der Waals surface area contributed by atoms with Crippen molar-refractivity contribution in [1.82, 2.24) is 0 Å². The molecule has 5 aromatic rings. The Morgan fingerprint density at radius 3 is 2.45 bits per heavy atom. The van der Waals surface area contributed by atoms with Crippen LogP contribution in [0.5, 0.6) is 11.5 Å². The van der Waals surface area contributed by atoms with Crippen LogP contribution >= 0.6 is 23.2 Å². The molecule has 7 heteroatoms. The molecule has 0 aliphatic heterocycles. The second-order valence-electron chi connectivity index (χ2n) is 9.65. The molecule has 0 radical (unpaired) electrons. The molecule has 208 valence electrons. The fourth-order valence-corrected chi connectivity index (χ4v) is 4.90. The van der Waals surface area contributed by atoms with Crippen molar-refractivity contribution < 1.29 is 14.3 Å². The van der Waals surface area contributed by atoms with E-state index in [9.17, 15) is 10.1 Å². The van der Waals surface area contributed by atoms with Crippen molar-refractivity contribution in [3.63, 3.8) is 0 Å². The van der Waals surface area contributed by atoms with Gasteiger partial charge in [0.05, 0.1) is 0 Å². The Hall–Kier alpha value is -4.76. The minimum absolute atomic E-state index is 0.0514. The number of ether oxygens (including phenoxy) is 2. The van der Waals surface area contributed by atoms with E-state index in [-0.39, 0.29) is 12.2 Å². The van der Waals surface area contributed by atoms with Gasteiger partial charge in [-0.15, -0.1) is 0 Å². The summed E-state index contributed by atoms with van der Waals surface area (Å²) in [5.41, 5.74) is 4.11. The summed E-state index contributed by atoms with van der Waals surface area (Å²) in [6.45, 7) is 2.65. The summed E-state index contributed by atoms with van der Waals surface area (Å²) in [5.74, 6) is 0.649. The monoisotopic (exact) mass is 592 g/mol. The molecule has 0 spiro atoms. The highest BCUT2D eigenvalue weighted by atomic mass is 35.5. The summed E-state index contributed by atoms with van der Waals surface area (Å²) in [4.78, 5) is 13.2. The van der Waals surface area contributed by atoms with Gasteiger partial charge >= 0.3 is 0 Å². The van der Waals surface area contributed by atoms with Crippen molar-refractivity contribution in [2.45, 2.75) is 20.1 Å². The van der Waals surface area contributed by atoms with Crippen LogP contribution in [0.1, 0.15) is 22.3 Å². The van der Waals surface area contributed by atoms with Gasteiger partial charge in [-0.1, -0.05) is 89.4 Å². The molecule has 0 aliphatic rings. The topological polar surface area (TPSA) is 71.3 Å². The molecule has 5 nitrogen and oxygen atoms in total. The molecule has 0 saturated carbocycles. The molecule has 0 bridgehead atoms. The van der Waals surface area contributed by atoms with Crippen LogP contribution < -0.4 is 14.8 Å². The van der Waals surface area contributed by atoms with E-state index in [4.69, 9.17) is 32.7 Å². The third kappa shape index (κ3) is 7.11. The summed E-state index contributed by atoms with van der Waals surface area (Å²) in [6.07, 6.45) is 1.58. The second-order valence-corrected chi connectivity index (χ2v) is 10.5. The zero-order chi connectivity index (χ0) is 29.5. The number of carbonyl (C=O) groups excluding carboxylic acids is 1. The first-order chi connectivity index (χ1) is 20.4. The van der Waals surface area contributed by atoms with Gasteiger partial charge in [0.1, 0.15) is 36.4 Å². The third-order valence-corrected chi connectivity index (χ3v) is 7.17. The fourth-order valence-electron chi connectivity index (χ4n) is 4.44. The van der Waals surface area contributed by atoms with Crippen LogP contribution in [0.3, 0.4) is 0 Å². The maximum absolute atomic E-state index is 13.2. The number of halogens is 2. The highest BCUT2D eigenvalue weighted by Gasteiger charge is 2.14. The smallest absolute Gasteiger partial charge is 0.266 e. The number of fused-ring (bicyclic) bond motifs is 1. The van der Waals surface area contributed by atoms with E-state index in [1.54, 1.807) is 42.5 Å². The summed E-state index contributed by atoms with van der Waals surface area (Å²) in [5, 5.41) is 15.7. The number of nitrogens with one attached hydrogen (secondary N) is 1. The first-order valence-corrected chi connectivity index (χ1v) is 14.0. The lowest BCUT2D eigenvalue weighted by atomic mass is 10.0. The molecule has 0 fully saturated rings. The maximum Gasteiger partial charge on any atom is 0.266 e.